The molecule has 0 bridgehead atoms. The molecule has 0 aromatic rings. The largest absolute Gasteiger partial charge is 0.398 e. The minimum absolute atomic E-state index is 1.07. The fourth-order valence-electron chi connectivity index (χ4n) is 3.06. The average Bonchev–Trinajstić information content (AvgIpc) is 2.62. The summed E-state index contributed by atoms with van der Waals surface area (Å²) in [5.41, 5.74) is 0. The maximum absolute atomic E-state index is 5.56. The molecule has 0 atom stereocenters. The van der Waals surface area contributed by atoms with Crippen molar-refractivity contribution in [1.82, 2.24) is 9.80 Å². The van der Waals surface area contributed by atoms with Crippen LogP contribution in [-0.2, 0) is 17.7 Å². The third-order valence-corrected chi connectivity index (χ3v) is 11.4. The van der Waals surface area contributed by atoms with Gasteiger partial charge in [0, 0.05) is 54.6 Å². The molecule has 1 aliphatic rings. The molecule has 0 radical (unpaired) electrons. The first kappa shape index (κ1) is 22.2. The highest BCUT2D eigenvalue weighted by molar-refractivity contribution is 6.66. The van der Waals surface area contributed by atoms with E-state index in [0.717, 1.165) is 38.0 Å². The van der Waals surface area contributed by atoms with E-state index in [1.54, 1.807) is 28.4 Å². The van der Waals surface area contributed by atoms with Crippen molar-refractivity contribution in [1.29, 1.82) is 0 Å². The van der Waals surface area contributed by atoms with Crippen LogP contribution in [0, 0.1) is 0 Å². The zero-order valence-corrected chi connectivity index (χ0v) is 18.6. The Labute approximate surface area is 150 Å². The van der Waals surface area contributed by atoms with Crippen LogP contribution in [0.5, 0.6) is 0 Å². The molecule has 0 N–H and O–H groups in total. The average molecular weight is 379 g/mol. The van der Waals surface area contributed by atoms with Crippen LogP contribution in [0.2, 0.25) is 25.2 Å². The summed E-state index contributed by atoms with van der Waals surface area (Å²) in [5, 5.41) is 0. The van der Waals surface area contributed by atoms with Gasteiger partial charge in [0.25, 0.3) is 0 Å². The predicted octanol–water partition coefficient (Wildman–Crippen LogP) is 2.11. The molecule has 1 rings (SSSR count). The van der Waals surface area contributed by atoms with Crippen molar-refractivity contribution in [2.24, 2.45) is 0 Å². The molecule has 24 heavy (non-hydrogen) atoms. The van der Waals surface area contributed by atoms with Gasteiger partial charge in [-0.15, -0.1) is 0 Å². The summed E-state index contributed by atoms with van der Waals surface area (Å²) in [5.74, 6) is 0. The van der Waals surface area contributed by atoms with Gasteiger partial charge in [0.05, 0.1) is 0 Å². The van der Waals surface area contributed by atoms with E-state index in [1.165, 1.54) is 26.2 Å². The smallest absolute Gasteiger partial charge is 0.334 e. The van der Waals surface area contributed by atoms with Gasteiger partial charge in [0.1, 0.15) is 0 Å². The molecule has 1 heterocycles. The maximum Gasteiger partial charge on any atom is 0.334 e. The van der Waals surface area contributed by atoms with Gasteiger partial charge in [-0.2, -0.15) is 0 Å². The number of hydrogen-bond acceptors (Lipinski definition) is 6. The summed E-state index contributed by atoms with van der Waals surface area (Å²) in [7, 11) is 3.30. The van der Waals surface area contributed by atoms with Crippen LogP contribution >= 0.6 is 0 Å². The standard InChI is InChI=1S/C16H38N2O4Si2/c1-19-23(5,20-2)15-7-9-17-11-13-18(14-12-17)10-8-16-24(6,21-3)22-4/h7-16H2,1-6H3. The van der Waals surface area contributed by atoms with Gasteiger partial charge in [-0.25, -0.2) is 0 Å². The molecule has 0 unspecified atom stereocenters. The van der Waals surface area contributed by atoms with Crippen LogP contribution in [0.3, 0.4) is 0 Å². The Balaban J connectivity index is 2.16. The zero-order chi connectivity index (χ0) is 18.1. The lowest BCUT2D eigenvalue weighted by Gasteiger charge is -2.35. The van der Waals surface area contributed by atoms with Gasteiger partial charge in [0.15, 0.2) is 0 Å². The molecule has 0 spiro atoms. The summed E-state index contributed by atoms with van der Waals surface area (Å²) in [4.78, 5) is 5.14. The van der Waals surface area contributed by atoms with Gasteiger partial charge in [-0.3, -0.25) is 0 Å². The number of rotatable bonds is 12. The summed E-state index contributed by atoms with van der Waals surface area (Å²) in [6.07, 6.45) is 2.33. The van der Waals surface area contributed by atoms with E-state index in [1.807, 2.05) is 0 Å². The molecule has 144 valence electrons. The fourth-order valence-corrected chi connectivity index (χ4v) is 5.81. The van der Waals surface area contributed by atoms with Gasteiger partial charge < -0.3 is 27.5 Å². The molecule has 1 saturated heterocycles. The first-order valence-corrected chi connectivity index (χ1v) is 14.1. The number of piperazine rings is 1. The lowest BCUT2D eigenvalue weighted by atomic mass is 10.3. The normalized spacial score (nSPS) is 18.2. The Kier molecular flexibility index (Phi) is 10.2. The number of nitrogens with zero attached hydrogens (tertiary/aromatic N) is 2. The summed E-state index contributed by atoms with van der Waals surface area (Å²) < 4.78 is 22.2. The Morgan fingerprint density at radius 2 is 0.917 bits per heavy atom. The van der Waals surface area contributed by atoms with E-state index in [9.17, 15) is 0 Å². The first-order chi connectivity index (χ1) is 11.4. The maximum atomic E-state index is 5.56. The second kappa shape index (κ2) is 11.0. The van der Waals surface area contributed by atoms with Crippen molar-refractivity contribution in [3.8, 4) is 0 Å². The highest BCUT2D eigenvalue weighted by atomic mass is 28.4. The summed E-state index contributed by atoms with van der Waals surface area (Å²) in [6, 6.07) is 2.13. The van der Waals surface area contributed by atoms with Crippen molar-refractivity contribution in [3.63, 3.8) is 0 Å². The summed E-state index contributed by atoms with van der Waals surface area (Å²) >= 11 is 0. The lowest BCUT2D eigenvalue weighted by Crippen LogP contribution is -2.47. The van der Waals surface area contributed by atoms with Gasteiger partial charge in [0.2, 0.25) is 0 Å². The topological polar surface area (TPSA) is 43.4 Å². The minimum atomic E-state index is -1.90. The molecule has 0 amide bonds. The predicted molar refractivity (Wildman–Crippen MR) is 103 cm³/mol. The van der Waals surface area contributed by atoms with Crippen LogP contribution in [0.4, 0.5) is 0 Å². The molecule has 0 aliphatic carbocycles. The van der Waals surface area contributed by atoms with Crippen molar-refractivity contribution in [2.75, 3.05) is 67.7 Å². The molecule has 0 saturated carbocycles. The third kappa shape index (κ3) is 7.61. The van der Waals surface area contributed by atoms with E-state index in [-0.39, 0.29) is 0 Å². The Bertz CT molecular complexity index is 302. The van der Waals surface area contributed by atoms with E-state index in [0.29, 0.717) is 0 Å². The van der Waals surface area contributed by atoms with Crippen LogP contribution in [0.1, 0.15) is 12.8 Å². The second-order valence-corrected chi connectivity index (χ2v) is 14.1. The van der Waals surface area contributed by atoms with Crippen LogP contribution in [0.25, 0.3) is 0 Å². The van der Waals surface area contributed by atoms with E-state index in [4.69, 9.17) is 17.7 Å². The Hall–Kier alpha value is 0.194. The SMILES string of the molecule is CO[Si](C)(CCCN1CCN(CCC[Si](C)(OC)OC)CC1)OC. The Morgan fingerprint density at radius 1 is 0.625 bits per heavy atom. The monoisotopic (exact) mass is 378 g/mol. The van der Waals surface area contributed by atoms with E-state index >= 15 is 0 Å². The van der Waals surface area contributed by atoms with Crippen molar-refractivity contribution in [3.05, 3.63) is 0 Å². The lowest BCUT2D eigenvalue weighted by molar-refractivity contribution is 0.130. The Morgan fingerprint density at radius 3 is 1.17 bits per heavy atom. The second-order valence-electron chi connectivity index (χ2n) is 6.97. The zero-order valence-electron chi connectivity index (χ0n) is 16.6. The molecule has 0 aromatic heterocycles. The van der Waals surface area contributed by atoms with E-state index < -0.39 is 17.1 Å². The molecular formula is C16H38N2O4Si2. The minimum Gasteiger partial charge on any atom is -0.398 e. The highest BCUT2D eigenvalue weighted by Crippen LogP contribution is 2.16. The molecular weight excluding hydrogens is 340 g/mol. The van der Waals surface area contributed by atoms with Crippen LogP contribution in [-0.4, -0.2) is 94.6 Å². The fraction of sp³-hybridized carbons (Fsp3) is 1.00. The quantitative estimate of drug-likeness (QED) is 0.485. The number of hydrogen-bond donors (Lipinski definition) is 0. The third-order valence-electron chi connectivity index (χ3n) is 5.40. The molecule has 6 nitrogen and oxygen atoms in total. The van der Waals surface area contributed by atoms with Gasteiger partial charge in [-0.05, 0) is 51.1 Å². The van der Waals surface area contributed by atoms with Crippen molar-refractivity contribution in [2.45, 2.75) is 38.0 Å². The van der Waals surface area contributed by atoms with Crippen molar-refractivity contribution < 1.29 is 17.7 Å². The van der Waals surface area contributed by atoms with Crippen LogP contribution < -0.4 is 0 Å². The van der Waals surface area contributed by atoms with Gasteiger partial charge in [-0.1, -0.05) is 0 Å². The van der Waals surface area contributed by atoms with Crippen LogP contribution in [0.15, 0.2) is 0 Å². The van der Waals surface area contributed by atoms with E-state index in [2.05, 4.69) is 22.9 Å². The van der Waals surface area contributed by atoms with Gasteiger partial charge >= 0.3 is 17.1 Å². The highest BCUT2D eigenvalue weighted by Gasteiger charge is 2.29. The van der Waals surface area contributed by atoms with Crippen molar-refractivity contribution >= 4 is 17.1 Å². The molecule has 8 heteroatoms. The molecule has 0 aromatic carbocycles. The molecule has 1 aliphatic heterocycles. The summed E-state index contributed by atoms with van der Waals surface area (Å²) in [6.45, 7) is 11.3. The first-order valence-electron chi connectivity index (χ1n) is 9.05. The molecule has 1 fully saturated rings.